The second-order valence-electron chi connectivity index (χ2n) is 4.87. The van der Waals surface area contributed by atoms with Gasteiger partial charge in [-0.15, -0.1) is 0 Å². The maximum atomic E-state index is 11.7. The zero-order valence-corrected chi connectivity index (χ0v) is 11.1. The fourth-order valence-electron chi connectivity index (χ4n) is 2.05. The van der Waals surface area contributed by atoms with Crippen LogP contribution in [-0.2, 0) is 14.3 Å². The van der Waals surface area contributed by atoms with Gasteiger partial charge in [0.15, 0.2) is 0 Å². The highest BCUT2D eigenvalue weighted by atomic mass is 16.5. The number of amides is 1. The van der Waals surface area contributed by atoms with Crippen LogP contribution in [0.2, 0.25) is 0 Å². The molecule has 1 aliphatic heterocycles. The summed E-state index contributed by atoms with van der Waals surface area (Å²) < 4.78 is 10.6. The number of nitrogens with one attached hydrogen (secondary N) is 1. The van der Waals surface area contributed by atoms with Crippen LogP contribution in [0.25, 0.3) is 0 Å². The number of ether oxygens (including phenoxy) is 2. The summed E-state index contributed by atoms with van der Waals surface area (Å²) in [5.74, 6) is 0.276. The number of carbonyl (C=O) groups excluding carboxylic acids is 1. The summed E-state index contributed by atoms with van der Waals surface area (Å²) in [4.78, 5) is 11.7. The Balaban J connectivity index is 1.74. The number of nitrogens with two attached hydrogens (primary N) is 1. The van der Waals surface area contributed by atoms with E-state index in [1.54, 1.807) is 12.1 Å². The van der Waals surface area contributed by atoms with Gasteiger partial charge in [0.25, 0.3) is 0 Å². The fourth-order valence-corrected chi connectivity index (χ4v) is 2.05. The Labute approximate surface area is 113 Å². The normalized spacial score (nSPS) is 18.5. The van der Waals surface area contributed by atoms with Crippen LogP contribution >= 0.6 is 0 Å². The molecule has 1 amide bonds. The molecule has 0 saturated carbocycles. The summed E-state index contributed by atoms with van der Waals surface area (Å²) in [6, 6.07) is 5.39. The van der Waals surface area contributed by atoms with Crippen molar-refractivity contribution in [1.82, 2.24) is 0 Å². The summed E-state index contributed by atoms with van der Waals surface area (Å²) >= 11 is 0. The van der Waals surface area contributed by atoms with E-state index in [-0.39, 0.29) is 12.5 Å². The molecule has 1 heterocycles. The Kier molecular flexibility index (Phi) is 4.76. The van der Waals surface area contributed by atoms with E-state index in [2.05, 4.69) is 5.32 Å². The first-order valence-corrected chi connectivity index (χ1v) is 6.46. The van der Waals surface area contributed by atoms with E-state index in [1.807, 2.05) is 13.0 Å². The number of aryl methyl sites for hydroxylation is 1. The van der Waals surface area contributed by atoms with Crippen LogP contribution in [0, 0.1) is 12.8 Å². The molecule has 0 aromatic heterocycles. The lowest BCUT2D eigenvalue weighted by atomic mass is 10.1. The van der Waals surface area contributed by atoms with Crippen molar-refractivity contribution in [3.63, 3.8) is 0 Å². The van der Waals surface area contributed by atoms with Crippen molar-refractivity contribution in [3.05, 3.63) is 23.8 Å². The monoisotopic (exact) mass is 264 g/mol. The molecule has 0 aliphatic carbocycles. The van der Waals surface area contributed by atoms with Crippen molar-refractivity contribution < 1.29 is 14.3 Å². The zero-order valence-electron chi connectivity index (χ0n) is 11.1. The summed E-state index contributed by atoms with van der Waals surface area (Å²) in [7, 11) is 0. The molecular formula is C14H20N2O3. The Bertz CT molecular complexity index is 442. The van der Waals surface area contributed by atoms with Crippen LogP contribution in [0.5, 0.6) is 0 Å². The Morgan fingerprint density at radius 2 is 2.42 bits per heavy atom. The highest BCUT2D eigenvalue weighted by Gasteiger charge is 2.16. The summed E-state index contributed by atoms with van der Waals surface area (Å²) in [5, 5.41) is 2.81. The smallest absolute Gasteiger partial charge is 0.250 e. The van der Waals surface area contributed by atoms with E-state index in [4.69, 9.17) is 15.2 Å². The van der Waals surface area contributed by atoms with Crippen molar-refractivity contribution in [2.45, 2.75) is 13.3 Å². The summed E-state index contributed by atoms with van der Waals surface area (Å²) in [6.45, 7) is 4.08. The molecule has 1 atom stereocenters. The SMILES string of the molecule is Cc1cc(N)ccc1NC(=O)COCC1CCOC1. The predicted octanol–water partition coefficient (Wildman–Crippen LogP) is 1.57. The van der Waals surface area contributed by atoms with Crippen LogP contribution in [0.1, 0.15) is 12.0 Å². The van der Waals surface area contributed by atoms with Crippen molar-refractivity contribution in [3.8, 4) is 0 Å². The van der Waals surface area contributed by atoms with Crippen molar-refractivity contribution in [1.29, 1.82) is 0 Å². The first-order chi connectivity index (χ1) is 9.15. The van der Waals surface area contributed by atoms with Crippen molar-refractivity contribution >= 4 is 17.3 Å². The van der Waals surface area contributed by atoms with E-state index in [0.717, 1.165) is 30.9 Å². The van der Waals surface area contributed by atoms with Gasteiger partial charge < -0.3 is 20.5 Å². The fraction of sp³-hybridized carbons (Fsp3) is 0.500. The number of hydrogen-bond acceptors (Lipinski definition) is 4. The number of benzene rings is 1. The van der Waals surface area contributed by atoms with Gasteiger partial charge in [0, 0.05) is 23.9 Å². The van der Waals surface area contributed by atoms with Crippen LogP contribution in [0.15, 0.2) is 18.2 Å². The topological polar surface area (TPSA) is 73.6 Å². The maximum Gasteiger partial charge on any atom is 0.250 e. The maximum absolute atomic E-state index is 11.7. The first kappa shape index (κ1) is 13.8. The molecular weight excluding hydrogens is 244 g/mol. The van der Waals surface area contributed by atoms with Crippen molar-refractivity contribution in [2.24, 2.45) is 5.92 Å². The van der Waals surface area contributed by atoms with Gasteiger partial charge in [-0.05, 0) is 37.1 Å². The third-order valence-electron chi connectivity index (χ3n) is 3.14. The first-order valence-electron chi connectivity index (χ1n) is 6.46. The van der Waals surface area contributed by atoms with Gasteiger partial charge >= 0.3 is 0 Å². The molecule has 1 unspecified atom stereocenters. The van der Waals surface area contributed by atoms with E-state index in [1.165, 1.54) is 0 Å². The molecule has 5 heteroatoms. The van der Waals surface area contributed by atoms with Crippen molar-refractivity contribution in [2.75, 3.05) is 37.5 Å². The molecule has 104 valence electrons. The quantitative estimate of drug-likeness (QED) is 0.792. The van der Waals surface area contributed by atoms with Gasteiger partial charge in [-0.2, -0.15) is 0 Å². The Hall–Kier alpha value is -1.59. The zero-order chi connectivity index (χ0) is 13.7. The average molecular weight is 264 g/mol. The Morgan fingerprint density at radius 1 is 1.58 bits per heavy atom. The van der Waals surface area contributed by atoms with E-state index < -0.39 is 0 Å². The van der Waals surface area contributed by atoms with Gasteiger partial charge in [0.05, 0.1) is 13.2 Å². The van der Waals surface area contributed by atoms with Crippen LogP contribution < -0.4 is 11.1 Å². The van der Waals surface area contributed by atoms with E-state index in [0.29, 0.717) is 18.2 Å². The van der Waals surface area contributed by atoms with E-state index in [9.17, 15) is 4.79 Å². The molecule has 1 saturated heterocycles. The number of hydrogen-bond donors (Lipinski definition) is 2. The molecule has 5 nitrogen and oxygen atoms in total. The molecule has 3 N–H and O–H groups in total. The lowest BCUT2D eigenvalue weighted by molar-refractivity contribution is -0.121. The minimum atomic E-state index is -0.146. The molecule has 1 aromatic carbocycles. The van der Waals surface area contributed by atoms with Crippen LogP contribution in [0.4, 0.5) is 11.4 Å². The van der Waals surface area contributed by atoms with Gasteiger partial charge in [-0.25, -0.2) is 0 Å². The summed E-state index contributed by atoms with van der Waals surface area (Å²) in [5.41, 5.74) is 8.06. The van der Waals surface area contributed by atoms with E-state index >= 15 is 0 Å². The number of carbonyl (C=O) groups is 1. The number of anilines is 2. The minimum Gasteiger partial charge on any atom is -0.399 e. The molecule has 0 radical (unpaired) electrons. The number of nitrogen functional groups attached to an aromatic ring is 1. The standard InChI is InChI=1S/C14H20N2O3/c1-10-6-12(15)2-3-13(10)16-14(17)9-19-8-11-4-5-18-7-11/h2-3,6,11H,4-5,7-9,15H2,1H3,(H,16,17). The highest BCUT2D eigenvalue weighted by Crippen LogP contribution is 2.17. The largest absolute Gasteiger partial charge is 0.399 e. The molecule has 1 aromatic rings. The lowest BCUT2D eigenvalue weighted by Crippen LogP contribution is -2.21. The Morgan fingerprint density at radius 3 is 3.11 bits per heavy atom. The molecule has 19 heavy (non-hydrogen) atoms. The van der Waals surface area contributed by atoms with Crippen LogP contribution in [-0.4, -0.2) is 32.3 Å². The minimum absolute atomic E-state index is 0.0698. The van der Waals surface area contributed by atoms with Gasteiger partial charge in [0.2, 0.25) is 5.91 Å². The molecule has 0 spiro atoms. The molecule has 0 bridgehead atoms. The third-order valence-corrected chi connectivity index (χ3v) is 3.14. The number of rotatable bonds is 5. The average Bonchev–Trinajstić information content (AvgIpc) is 2.86. The third kappa shape index (κ3) is 4.22. The molecule has 1 aliphatic rings. The second kappa shape index (κ2) is 6.54. The lowest BCUT2D eigenvalue weighted by Gasteiger charge is -2.11. The molecule has 2 rings (SSSR count). The van der Waals surface area contributed by atoms with Gasteiger partial charge in [0.1, 0.15) is 6.61 Å². The highest BCUT2D eigenvalue weighted by molar-refractivity contribution is 5.92. The predicted molar refractivity (Wildman–Crippen MR) is 74.0 cm³/mol. The second-order valence-corrected chi connectivity index (χ2v) is 4.87. The summed E-state index contributed by atoms with van der Waals surface area (Å²) in [6.07, 6.45) is 1.01. The van der Waals surface area contributed by atoms with Gasteiger partial charge in [-0.1, -0.05) is 0 Å². The van der Waals surface area contributed by atoms with Gasteiger partial charge in [-0.3, -0.25) is 4.79 Å². The molecule has 1 fully saturated rings. The van der Waals surface area contributed by atoms with Crippen LogP contribution in [0.3, 0.4) is 0 Å².